The molecule has 112 valence electrons. The lowest BCUT2D eigenvalue weighted by Crippen LogP contribution is -2.44. The molecule has 3 heterocycles. The minimum absolute atomic E-state index is 0.0776. The summed E-state index contributed by atoms with van der Waals surface area (Å²) in [6.45, 7) is 4.87. The normalized spacial score (nSPS) is 19.2. The SMILES string of the molecule is CCC1CCCCN1C(=O)c1c(C)nc2ccc(Cl)cn12. The van der Waals surface area contributed by atoms with Gasteiger partial charge in [-0.2, -0.15) is 0 Å². The highest BCUT2D eigenvalue weighted by atomic mass is 35.5. The molecule has 0 aromatic carbocycles. The summed E-state index contributed by atoms with van der Waals surface area (Å²) in [4.78, 5) is 19.5. The lowest BCUT2D eigenvalue weighted by Gasteiger charge is -2.35. The fourth-order valence-electron chi connectivity index (χ4n) is 3.22. The Hall–Kier alpha value is -1.55. The van der Waals surface area contributed by atoms with Crippen molar-refractivity contribution in [2.45, 2.75) is 45.6 Å². The fraction of sp³-hybridized carbons (Fsp3) is 0.500. The Balaban J connectivity index is 2.04. The average molecular weight is 306 g/mol. The van der Waals surface area contributed by atoms with Crippen LogP contribution in [0.3, 0.4) is 0 Å². The summed E-state index contributed by atoms with van der Waals surface area (Å²) in [5.74, 6) is 0.0776. The largest absolute Gasteiger partial charge is 0.334 e. The molecular weight excluding hydrogens is 286 g/mol. The quantitative estimate of drug-likeness (QED) is 0.848. The van der Waals surface area contributed by atoms with Crippen molar-refractivity contribution in [2.24, 2.45) is 0 Å². The number of halogens is 1. The molecule has 0 bridgehead atoms. The lowest BCUT2D eigenvalue weighted by molar-refractivity contribution is 0.0600. The lowest BCUT2D eigenvalue weighted by atomic mass is 9.99. The van der Waals surface area contributed by atoms with Crippen molar-refractivity contribution in [3.63, 3.8) is 0 Å². The van der Waals surface area contributed by atoms with Gasteiger partial charge in [-0.25, -0.2) is 4.98 Å². The Bertz CT molecular complexity index is 679. The monoisotopic (exact) mass is 305 g/mol. The Morgan fingerprint density at radius 3 is 3.00 bits per heavy atom. The predicted molar refractivity (Wildman–Crippen MR) is 83.9 cm³/mol. The second kappa shape index (κ2) is 5.68. The minimum atomic E-state index is 0.0776. The summed E-state index contributed by atoms with van der Waals surface area (Å²) in [6, 6.07) is 3.99. The second-order valence-electron chi connectivity index (χ2n) is 5.68. The van der Waals surface area contributed by atoms with Crippen molar-refractivity contribution < 1.29 is 4.79 Å². The highest BCUT2D eigenvalue weighted by Gasteiger charge is 2.29. The Labute approximate surface area is 129 Å². The molecule has 3 rings (SSSR count). The fourth-order valence-corrected chi connectivity index (χ4v) is 3.38. The molecule has 1 atom stereocenters. The summed E-state index contributed by atoms with van der Waals surface area (Å²) in [7, 11) is 0. The molecule has 1 fully saturated rings. The second-order valence-corrected chi connectivity index (χ2v) is 6.11. The van der Waals surface area contributed by atoms with Gasteiger partial charge in [0.25, 0.3) is 5.91 Å². The number of aromatic nitrogens is 2. The number of carbonyl (C=O) groups excluding carboxylic acids is 1. The molecule has 5 heteroatoms. The van der Waals surface area contributed by atoms with Crippen LogP contribution in [0.4, 0.5) is 0 Å². The van der Waals surface area contributed by atoms with Crippen LogP contribution in [0.15, 0.2) is 18.3 Å². The van der Waals surface area contributed by atoms with Gasteiger partial charge in [-0.1, -0.05) is 18.5 Å². The topological polar surface area (TPSA) is 37.6 Å². The van der Waals surface area contributed by atoms with E-state index < -0.39 is 0 Å². The first-order valence-corrected chi connectivity index (χ1v) is 7.94. The molecule has 4 nitrogen and oxygen atoms in total. The maximum atomic E-state index is 13.0. The van der Waals surface area contributed by atoms with Gasteiger partial charge in [0.2, 0.25) is 0 Å². The smallest absolute Gasteiger partial charge is 0.273 e. The number of hydrogen-bond donors (Lipinski definition) is 0. The van der Waals surface area contributed by atoms with Crippen LogP contribution in [-0.4, -0.2) is 32.8 Å². The maximum Gasteiger partial charge on any atom is 0.273 e. The molecule has 0 spiro atoms. The number of pyridine rings is 1. The molecule has 0 N–H and O–H groups in total. The number of nitrogens with zero attached hydrogens (tertiary/aromatic N) is 3. The summed E-state index contributed by atoms with van der Waals surface area (Å²) >= 11 is 6.07. The van der Waals surface area contributed by atoms with Gasteiger partial charge in [-0.3, -0.25) is 9.20 Å². The van der Waals surface area contributed by atoms with E-state index >= 15 is 0 Å². The molecule has 1 aliphatic heterocycles. The van der Waals surface area contributed by atoms with Crippen LogP contribution in [0.25, 0.3) is 5.65 Å². The van der Waals surface area contributed by atoms with Crippen molar-refractivity contribution in [3.8, 4) is 0 Å². The molecule has 0 saturated carbocycles. The Morgan fingerprint density at radius 1 is 1.43 bits per heavy atom. The zero-order valence-corrected chi connectivity index (χ0v) is 13.2. The summed E-state index contributed by atoms with van der Waals surface area (Å²) in [5, 5.41) is 0.611. The van der Waals surface area contributed by atoms with E-state index in [1.54, 1.807) is 12.3 Å². The third-order valence-corrected chi connectivity index (χ3v) is 4.54. The average Bonchev–Trinajstić information content (AvgIpc) is 2.81. The molecular formula is C16H20ClN3O. The van der Waals surface area contributed by atoms with Gasteiger partial charge >= 0.3 is 0 Å². The van der Waals surface area contributed by atoms with Gasteiger partial charge in [0, 0.05) is 18.8 Å². The van der Waals surface area contributed by atoms with Crippen molar-refractivity contribution >= 4 is 23.2 Å². The van der Waals surface area contributed by atoms with Gasteiger partial charge in [0.1, 0.15) is 11.3 Å². The van der Waals surface area contributed by atoms with Crippen LogP contribution < -0.4 is 0 Å². The molecule has 1 unspecified atom stereocenters. The first-order chi connectivity index (χ1) is 10.1. The molecule has 2 aromatic rings. The van der Waals surface area contributed by atoms with E-state index in [4.69, 9.17) is 11.6 Å². The van der Waals surface area contributed by atoms with Crippen LogP contribution in [0, 0.1) is 6.92 Å². The highest BCUT2D eigenvalue weighted by Crippen LogP contribution is 2.24. The number of amides is 1. The first kappa shape index (κ1) is 14.4. The minimum Gasteiger partial charge on any atom is -0.334 e. The van der Waals surface area contributed by atoms with Gasteiger partial charge < -0.3 is 4.90 Å². The van der Waals surface area contributed by atoms with Crippen LogP contribution in [-0.2, 0) is 0 Å². The predicted octanol–water partition coefficient (Wildman–Crippen LogP) is 3.70. The van der Waals surface area contributed by atoms with Crippen LogP contribution >= 0.6 is 11.6 Å². The number of hydrogen-bond acceptors (Lipinski definition) is 2. The zero-order chi connectivity index (χ0) is 15.0. The summed E-state index contributed by atoms with van der Waals surface area (Å²) < 4.78 is 1.82. The molecule has 0 aliphatic carbocycles. The maximum absolute atomic E-state index is 13.0. The standard InChI is InChI=1S/C16H20ClN3O/c1-3-13-6-4-5-9-19(13)16(21)15-11(2)18-14-8-7-12(17)10-20(14)15/h7-8,10,13H,3-6,9H2,1-2H3. The van der Waals surface area contributed by atoms with Gasteiger partial charge in [0.15, 0.2) is 0 Å². The number of rotatable bonds is 2. The molecule has 1 saturated heterocycles. The van der Waals surface area contributed by atoms with E-state index in [0.717, 1.165) is 37.1 Å². The van der Waals surface area contributed by atoms with E-state index in [-0.39, 0.29) is 5.91 Å². The highest BCUT2D eigenvalue weighted by molar-refractivity contribution is 6.30. The number of likely N-dealkylation sites (tertiary alicyclic amines) is 1. The Kier molecular flexibility index (Phi) is 3.89. The summed E-state index contributed by atoms with van der Waals surface area (Å²) in [5.41, 5.74) is 2.18. The van der Waals surface area contributed by atoms with E-state index in [2.05, 4.69) is 11.9 Å². The van der Waals surface area contributed by atoms with Crippen molar-refractivity contribution in [1.29, 1.82) is 0 Å². The van der Waals surface area contributed by atoms with Crippen LogP contribution in [0.1, 0.15) is 48.8 Å². The van der Waals surface area contributed by atoms with Crippen molar-refractivity contribution in [2.75, 3.05) is 6.54 Å². The molecule has 21 heavy (non-hydrogen) atoms. The number of aryl methyl sites for hydroxylation is 1. The first-order valence-electron chi connectivity index (χ1n) is 7.57. The molecule has 0 radical (unpaired) electrons. The van der Waals surface area contributed by atoms with Crippen LogP contribution in [0.5, 0.6) is 0 Å². The number of imidazole rings is 1. The van der Waals surface area contributed by atoms with Crippen molar-refractivity contribution in [3.05, 3.63) is 34.7 Å². The third-order valence-electron chi connectivity index (χ3n) is 4.32. The third kappa shape index (κ3) is 2.53. The van der Waals surface area contributed by atoms with Crippen molar-refractivity contribution in [1.82, 2.24) is 14.3 Å². The van der Waals surface area contributed by atoms with E-state index in [1.165, 1.54) is 6.42 Å². The van der Waals surface area contributed by atoms with Gasteiger partial charge in [-0.05, 0) is 44.7 Å². The molecule has 1 amide bonds. The number of carbonyl (C=O) groups is 1. The van der Waals surface area contributed by atoms with Crippen LogP contribution in [0.2, 0.25) is 5.02 Å². The van der Waals surface area contributed by atoms with Gasteiger partial charge in [0.05, 0.1) is 10.7 Å². The van der Waals surface area contributed by atoms with E-state index in [0.29, 0.717) is 16.8 Å². The molecule has 1 aliphatic rings. The summed E-state index contributed by atoms with van der Waals surface area (Å²) in [6.07, 6.45) is 6.16. The number of piperidine rings is 1. The zero-order valence-electron chi connectivity index (χ0n) is 12.5. The van der Waals surface area contributed by atoms with E-state index in [1.807, 2.05) is 22.3 Å². The van der Waals surface area contributed by atoms with E-state index in [9.17, 15) is 4.79 Å². The Morgan fingerprint density at radius 2 is 2.24 bits per heavy atom. The number of fused-ring (bicyclic) bond motifs is 1. The molecule has 2 aromatic heterocycles. The van der Waals surface area contributed by atoms with Gasteiger partial charge in [-0.15, -0.1) is 0 Å².